The van der Waals surface area contributed by atoms with Crippen molar-refractivity contribution in [1.82, 2.24) is 19.4 Å². The standard InChI is InChI=1S/C16H22N4O/c1-13-9-17-6-3-16(13)21-15-4-7-20(8-5-15)11-14-10-19(2)12-18-14/h3,6,9-10,12,15H,4-5,7-8,11H2,1-2H3. The molecule has 112 valence electrons. The van der Waals surface area contributed by atoms with E-state index in [0.29, 0.717) is 6.10 Å². The Morgan fingerprint density at radius 1 is 1.33 bits per heavy atom. The van der Waals surface area contributed by atoms with E-state index < -0.39 is 0 Å². The molecule has 21 heavy (non-hydrogen) atoms. The normalized spacial score (nSPS) is 17.0. The summed E-state index contributed by atoms with van der Waals surface area (Å²) in [4.78, 5) is 10.9. The highest BCUT2D eigenvalue weighted by Gasteiger charge is 2.21. The largest absolute Gasteiger partial charge is 0.490 e. The summed E-state index contributed by atoms with van der Waals surface area (Å²) in [6, 6.07) is 1.95. The Balaban J connectivity index is 1.50. The maximum atomic E-state index is 6.10. The van der Waals surface area contributed by atoms with Crippen LogP contribution >= 0.6 is 0 Å². The van der Waals surface area contributed by atoms with Crippen LogP contribution in [0.2, 0.25) is 0 Å². The lowest BCUT2D eigenvalue weighted by Crippen LogP contribution is -2.37. The molecule has 0 radical (unpaired) electrons. The van der Waals surface area contributed by atoms with Gasteiger partial charge in [-0.3, -0.25) is 9.88 Å². The SMILES string of the molecule is Cc1cnccc1OC1CCN(Cc2cn(C)cn2)CC1. The summed E-state index contributed by atoms with van der Waals surface area (Å²) in [5.74, 6) is 0.966. The van der Waals surface area contributed by atoms with Crippen molar-refractivity contribution in [2.45, 2.75) is 32.4 Å². The minimum atomic E-state index is 0.311. The van der Waals surface area contributed by atoms with E-state index in [9.17, 15) is 0 Å². The van der Waals surface area contributed by atoms with Gasteiger partial charge in [0, 0.05) is 50.8 Å². The molecular formula is C16H22N4O. The minimum absolute atomic E-state index is 0.311. The van der Waals surface area contributed by atoms with Crippen LogP contribution in [0.15, 0.2) is 31.0 Å². The highest BCUT2D eigenvalue weighted by Crippen LogP contribution is 2.22. The molecule has 1 fully saturated rings. The molecule has 0 amide bonds. The Morgan fingerprint density at radius 3 is 2.81 bits per heavy atom. The van der Waals surface area contributed by atoms with Gasteiger partial charge in [0.1, 0.15) is 11.9 Å². The molecule has 2 aromatic heterocycles. The summed E-state index contributed by atoms with van der Waals surface area (Å²) < 4.78 is 8.10. The topological polar surface area (TPSA) is 43.2 Å². The highest BCUT2D eigenvalue weighted by molar-refractivity contribution is 5.28. The number of aromatic nitrogens is 3. The number of imidazole rings is 1. The predicted molar refractivity (Wildman–Crippen MR) is 81.1 cm³/mol. The summed E-state index contributed by atoms with van der Waals surface area (Å²) in [6.07, 6.45) is 10.0. The second-order valence-electron chi connectivity index (χ2n) is 5.77. The van der Waals surface area contributed by atoms with Crippen LogP contribution in [0.3, 0.4) is 0 Å². The van der Waals surface area contributed by atoms with Crippen LogP contribution in [-0.2, 0) is 13.6 Å². The van der Waals surface area contributed by atoms with E-state index in [0.717, 1.165) is 49.5 Å². The molecule has 1 saturated heterocycles. The maximum absolute atomic E-state index is 6.10. The van der Waals surface area contributed by atoms with Crippen LogP contribution in [0.1, 0.15) is 24.1 Å². The lowest BCUT2D eigenvalue weighted by atomic mass is 10.1. The number of nitrogens with zero attached hydrogens (tertiary/aromatic N) is 4. The van der Waals surface area contributed by atoms with Crippen LogP contribution in [0.4, 0.5) is 0 Å². The molecular weight excluding hydrogens is 264 g/mol. The quantitative estimate of drug-likeness (QED) is 0.864. The van der Waals surface area contributed by atoms with Gasteiger partial charge in [-0.15, -0.1) is 0 Å². The lowest BCUT2D eigenvalue weighted by molar-refractivity contribution is 0.0955. The van der Waals surface area contributed by atoms with E-state index in [1.807, 2.05) is 37.1 Å². The van der Waals surface area contributed by atoms with Crippen molar-refractivity contribution in [3.63, 3.8) is 0 Å². The third-order valence-corrected chi connectivity index (χ3v) is 3.94. The van der Waals surface area contributed by atoms with Crippen LogP contribution < -0.4 is 4.74 Å². The average molecular weight is 286 g/mol. The van der Waals surface area contributed by atoms with Crippen molar-refractivity contribution >= 4 is 0 Å². The van der Waals surface area contributed by atoms with Crippen LogP contribution in [-0.4, -0.2) is 38.6 Å². The predicted octanol–water partition coefficient (Wildman–Crippen LogP) is 2.17. The van der Waals surface area contributed by atoms with Gasteiger partial charge in [0.05, 0.1) is 12.0 Å². The lowest BCUT2D eigenvalue weighted by Gasteiger charge is -2.31. The fourth-order valence-electron chi connectivity index (χ4n) is 2.74. The second-order valence-corrected chi connectivity index (χ2v) is 5.77. The molecule has 3 rings (SSSR count). The highest BCUT2D eigenvalue weighted by atomic mass is 16.5. The third-order valence-electron chi connectivity index (χ3n) is 3.94. The zero-order valence-electron chi connectivity index (χ0n) is 12.7. The van der Waals surface area contributed by atoms with Gasteiger partial charge in [-0.05, 0) is 25.8 Å². The Bertz CT molecular complexity index is 587. The molecule has 2 aromatic rings. The Morgan fingerprint density at radius 2 is 2.14 bits per heavy atom. The Kier molecular flexibility index (Phi) is 4.20. The number of piperidine rings is 1. The summed E-state index contributed by atoms with van der Waals surface area (Å²) in [5, 5.41) is 0. The smallest absolute Gasteiger partial charge is 0.125 e. The molecule has 1 aliphatic heterocycles. The second kappa shape index (κ2) is 6.26. The zero-order chi connectivity index (χ0) is 14.7. The van der Waals surface area contributed by atoms with Crippen molar-refractivity contribution in [2.75, 3.05) is 13.1 Å². The van der Waals surface area contributed by atoms with E-state index in [-0.39, 0.29) is 0 Å². The summed E-state index contributed by atoms with van der Waals surface area (Å²) in [5.41, 5.74) is 2.25. The fourth-order valence-corrected chi connectivity index (χ4v) is 2.74. The fraction of sp³-hybridized carbons (Fsp3) is 0.500. The van der Waals surface area contributed by atoms with Gasteiger partial charge < -0.3 is 9.30 Å². The van der Waals surface area contributed by atoms with E-state index in [2.05, 4.69) is 21.1 Å². The number of rotatable bonds is 4. The Labute approximate surface area is 125 Å². The van der Waals surface area contributed by atoms with Gasteiger partial charge >= 0.3 is 0 Å². The van der Waals surface area contributed by atoms with Gasteiger partial charge in [0.15, 0.2) is 0 Å². The molecule has 0 saturated carbocycles. The van der Waals surface area contributed by atoms with Gasteiger partial charge in [-0.25, -0.2) is 4.98 Å². The summed E-state index contributed by atoms with van der Waals surface area (Å²) >= 11 is 0. The molecule has 0 atom stereocenters. The van der Waals surface area contributed by atoms with E-state index in [1.165, 1.54) is 0 Å². The number of likely N-dealkylation sites (tertiary alicyclic amines) is 1. The van der Waals surface area contributed by atoms with Crippen LogP contribution in [0, 0.1) is 6.92 Å². The molecule has 0 N–H and O–H groups in total. The third kappa shape index (κ3) is 3.61. The van der Waals surface area contributed by atoms with E-state index in [1.54, 1.807) is 6.20 Å². The summed E-state index contributed by atoms with van der Waals surface area (Å²) in [7, 11) is 2.01. The molecule has 0 aromatic carbocycles. The molecule has 0 aliphatic carbocycles. The van der Waals surface area contributed by atoms with Crippen LogP contribution in [0.25, 0.3) is 0 Å². The van der Waals surface area contributed by atoms with Gasteiger partial charge in [0.2, 0.25) is 0 Å². The molecule has 0 unspecified atom stereocenters. The zero-order valence-corrected chi connectivity index (χ0v) is 12.7. The van der Waals surface area contributed by atoms with Crippen molar-refractivity contribution in [3.05, 3.63) is 42.2 Å². The molecule has 5 heteroatoms. The van der Waals surface area contributed by atoms with E-state index in [4.69, 9.17) is 4.74 Å². The summed E-state index contributed by atoms with van der Waals surface area (Å²) in [6.45, 7) is 5.09. The first-order chi connectivity index (χ1) is 10.2. The van der Waals surface area contributed by atoms with Crippen molar-refractivity contribution in [1.29, 1.82) is 0 Å². The van der Waals surface area contributed by atoms with Crippen molar-refractivity contribution in [3.8, 4) is 5.75 Å². The molecule has 5 nitrogen and oxygen atoms in total. The first-order valence-electron chi connectivity index (χ1n) is 7.47. The Hall–Kier alpha value is -1.88. The average Bonchev–Trinajstić information content (AvgIpc) is 2.89. The number of ether oxygens (including phenoxy) is 1. The molecule has 0 spiro atoms. The van der Waals surface area contributed by atoms with Crippen LogP contribution in [0.5, 0.6) is 5.75 Å². The maximum Gasteiger partial charge on any atom is 0.125 e. The molecule has 0 bridgehead atoms. The number of aryl methyl sites for hydroxylation is 2. The minimum Gasteiger partial charge on any atom is -0.490 e. The van der Waals surface area contributed by atoms with Crippen molar-refractivity contribution in [2.24, 2.45) is 7.05 Å². The molecule has 3 heterocycles. The first-order valence-corrected chi connectivity index (χ1v) is 7.47. The number of hydrogen-bond donors (Lipinski definition) is 0. The van der Waals surface area contributed by atoms with E-state index >= 15 is 0 Å². The van der Waals surface area contributed by atoms with Gasteiger partial charge in [0.25, 0.3) is 0 Å². The van der Waals surface area contributed by atoms with Crippen molar-refractivity contribution < 1.29 is 4.74 Å². The number of pyridine rings is 1. The van der Waals surface area contributed by atoms with Gasteiger partial charge in [-0.2, -0.15) is 0 Å². The monoisotopic (exact) mass is 286 g/mol. The first kappa shape index (κ1) is 14.1. The molecule has 1 aliphatic rings. The number of hydrogen-bond acceptors (Lipinski definition) is 4. The van der Waals surface area contributed by atoms with Gasteiger partial charge in [-0.1, -0.05) is 0 Å².